The van der Waals surface area contributed by atoms with Crippen molar-refractivity contribution in [2.75, 3.05) is 18.0 Å². The van der Waals surface area contributed by atoms with Gasteiger partial charge >= 0.3 is 0 Å². The van der Waals surface area contributed by atoms with E-state index in [1.807, 2.05) is 12.1 Å². The molecule has 94 valence electrons. The first-order valence-corrected chi connectivity index (χ1v) is 6.37. The molecule has 1 aromatic rings. The SMILES string of the molecule is CCC1(CC)CN(c2ccc(F)c(CN)c2)C1. The number of anilines is 1. The fraction of sp³-hybridized carbons (Fsp3) is 0.571. The molecular weight excluding hydrogens is 215 g/mol. The Labute approximate surface area is 103 Å². The number of hydrogen-bond donors (Lipinski definition) is 1. The first-order chi connectivity index (χ1) is 8.14. The van der Waals surface area contributed by atoms with Crippen molar-refractivity contribution >= 4 is 5.69 Å². The summed E-state index contributed by atoms with van der Waals surface area (Å²) in [4.78, 5) is 2.31. The molecule has 2 N–H and O–H groups in total. The van der Waals surface area contributed by atoms with Crippen molar-refractivity contribution in [1.29, 1.82) is 0 Å². The summed E-state index contributed by atoms with van der Waals surface area (Å²) in [5, 5.41) is 0. The van der Waals surface area contributed by atoms with Crippen molar-refractivity contribution in [1.82, 2.24) is 0 Å². The predicted octanol–water partition coefficient (Wildman–Crippen LogP) is 2.91. The number of nitrogens with zero attached hydrogens (tertiary/aromatic N) is 1. The van der Waals surface area contributed by atoms with Crippen LogP contribution in [0.15, 0.2) is 18.2 Å². The summed E-state index contributed by atoms with van der Waals surface area (Å²) in [5.74, 6) is -0.200. The Kier molecular flexibility index (Phi) is 3.38. The van der Waals surface area contributed by atoms with Crippen molar-refractivity contribution in [3.63, 3.8) is 0 Å². The number of rotatable bonds is 4. The van der Waals surface area contributed by atoms with E-state index in [-0.39, 0.29) is 12.4 Å². The number of halogens is 1. The lowest BCUT2D eigenvalue weighted by molar-refractivity contribution is 0.194. The molecule has 0 amide bonds. The van der Waals surface area contributed by atoms with Crippen molar-refractivity contribution < 1.29 is 4.39 Å². The summed E-state index contributed by atoms with van der Waals surface area (Å²) < 4.78 is 13.3. The van der Waals surface area contributed by atoms with Crippen LogP contribution in [0.1, 0.15) is 32.3 Å². The molecule has 1 saturated heterocycles. The summed E-state index contributed by atoms with van der Waals surface area (Å²) in [7, 11) is 0. The highest BCUT2D eigenvalue weighted by molar-refractivity contribution is 5.52. The van der Waals surface area contributed by atoms with Crippen LogP contribution < -0.4 is 10.6 Å². The second kappa shape index (κ2) is 4.65. The zero-order valence-electron chi connectivity index (χ0n) is 10.7. The van der Waals surface area contributed by atoms with Gasteiger partial charge in [0.05, 0.1) is 0 Å². The third-order valence-corrected chi connectivity index (χ3v) is 4.17. The standard InChI is InChI=1S/C14H21FN2/c1-3-14(4-2)9-17(10-14)12-5-6-13(15)11(7-12)8-16/h5-7H,3-4,8-10,16H2,1-2H3. The molecule has 0 aromatic heterocycles. The van der Waals surface area contributed by atoms with Gasteiger partial charge in [0.2, 0.25) is 0 Å². The van der Waals surface area contributed by atoms with E-state index in [1.54, 1.807) is 0 Å². The molecule has 1 aromatic carbocycles. The smallest absolute Gasteiger partial charge is 0.127 e. The predicted molar refractivity (Wildman–Crippen MR) is 69.5 cm³/mol. The number of nitrogens with two attached hydrogens (primary N) is 1. The van der Waals surface area contributed by atoms with Crippen LogP contribution in [0.4, 0.5) is 10.1 Å². The average molecular weight is 236 g/mol. The molecular formula is C14H21FN2. The summed E-state index contributed by atoms with van der Waals surface area (Å²) in [6.07, 6.45) is 2.43. The van der Waals surface area contributed by atoms with Gasteiger partial charge in [-0.15, -0.1) is 0 Å². The van der Waals surface area contributed by atoms with Gasteiger partial charge < -0.3 is 10.6 Å². The molecule has 1 aliphatic heterocycles. The Morgan fingerprint density at radius 1 is 1.29 bits per heavy atom. The van der Waals surface area contributed by atoms with Crippen molar-refractivity contribution in [3.05, 3.63) is 29.6 Å². The van der Waals surface area contributed by atoms with E-state index in [0.29, 0.717) is 11.0 Å². The van der Waals surface area contributed by atoms with Crippen LogP contribution in [-0.2, 0) is 6.54 Å². The van der Waals surface area contributed by atoms with Crippen LogP contribution in [0.5, 0.6) is 0 Å². The molecule has 2 nitrogen and oxygen atoms in total. The maximum absolute atomic E-state index is 13.3. The average Bonchev–Trinajstić information content (AvgIpc) is 2.31. The van der Waals surface area contributed by atoms with Gasteiger partial charge in [0.1, 0.15) is 5.82 Å². The normalized spacial score (nSPS) is 18.0. The second-order valence-electron chi connectivity index (χ2n) is 5.04. The molecule has 0 atom stereocenters. The minimum absolute atomic E-state index is 0.200. The van der Waals surface area contributed by atoms with E-state index in [2.05, 4.69) is 18.7 Å². The summed E-state index contributed by atoms with van der Waals surface area (Å²) in [6.45, 7) is 6.92. The Morgan fingerprint density at radius 2 is 1.94 bits per heavy atom. The van der Waals surface area contributed by atoms with E-state index in [4.69, 9.17) is 5.73 Å². The molecule has 2 rings (SSSR count). The topological polar surface area (TPSA) is 29.3 Å². The van der Waals surface area contributed by atoms with E-state index >= 15 is 0 Å². The maximum Gasteiger partial charge on any atom is 0.127 e. The van der Waals surface area contributed by atoms with Gasteiger partial charge in [-0.3, -0.25) is 0 Å². The summed E-state index contributed by atoms with van der Waals surface area (Å²) >= 11 is 0. The van der Waals surface area contributed by atoms with Gasteiger partial charge in [0.25, 0.3) is 0 Å². The van der Waals surface area contributed by atoms with Crippen molar-refractivity contribution in [3.8, 4) is 0 Å². The van der Waals surface area contributed by atoms with Crippen LogP contribution in [0.2, 0.25) is 0 Å². The molecule has 0 unspecified atom stereocenters. The van der Waals surface area contributed by atoms with Crippen molar-refractivity contribution in [2.45, 2.75) is 33.2 Å². The lowest BCUT2D eigenvalue weighted by atomic mass is 9.75. The molecule has 0 spiro atoms. The molecule has 0 bridgehead atoms. The van der Waals surface area contributed by atoms with Gasteiger partial charge in [-0.1, -0.05) is 13.8 Å². The molecule has 0 aliphatic carbocycles. The monoisotopic (exact) mass is 236 g/mol. The fourth-order valence-corrected chi connectivity index (χ4v) is 2.56. The highest BCUT2D eigenvalue weighted by Gasteiger charge is 2.39. The molecule has 3 heteroatoms. The third kappa shape index (κ3) is 2.16. The zero-order chi connectivity index (χ0) is 12.5. The Morgan fingerprint density at radius 3 is 2.47 bits per heavy atom. The van der Waals surface area contributed by atoms with Gasteiger partial charge in [0, 0.05) is 36.3 Å². The minimum Gasteiger partial charge on any atom is -0.370 e. The van der Waals surface area contributed by atoms with Crippen molar-refractivity contribution in [2.24, 2.45) is 11.1 Å². The van der Waals surface area contributed by atoms with E-state index in [0.717, 1.165) is 18.8 Å². The maximum atomic E-state index is 13.3. The molecule has 0 radical (unpaired) electrons. The Hall–Kier alpha value is -1.09. The third-order valence-electron chi connectivity index (χ3n) is 4.17. The van der Waals surface area contributed by atoms with Crippen LogP contribution >= 0.6 is 0 Å². The van der Waals surface area contributed by atoms with Crippen LogP contribution in [0, 0.1) is 11.2 Å². The summed E-state index contributed by atoms with van der Waals surface area (Å²) in [6, 6.07) is 5.25. The first-order valence-electron chi connectivity index (χ1n) is 6.37. The lowest BCUT2D eigenvalue weighted by Gasteiger charge is -2.51. The van der Waals surface area contributed by atoms with Crippen LogP contribution in [0.25, 0.3) is 0 Å². The summed E-state index contributed by atoms with van der Waals surface area (Å²) in [5.41, 5.74) is 7.70. The Balaban J connectivity index is 2.11. The van der Waals surface area contributed by atoms with Crippen LogP contribution in [0.3, 0.4) is 0 Å². The quantitative estimate of drug-likeness (QED) is 0.871. The zero-order valence-corrected chi connectivity index (χ0v) is 10.7. The highest BCUT2D eigenvalue weighted by Crippen LogP contribution is 2.40. The number of hydrogen-bond acceptors (Lipinski definition) is 2. The molecule has 1 heterocycles. The lowest BCUT2D eigenvalue weighted by Crippen LogP contribution is -2.55. The minimum atomic E-state index is -0.200. The van der Waals surface area contributed by atoms with E-state index in [9.17, 15) is 4.39 Å². The van der Waals surface area contributed by atoms with Gasteiger partial charge in [-0.05, 0) is 31.0 Å². The number of benzene rings is 1. The highest BCUT2D eigenvalue weighted by atomic mass is 19.1. The second-order valence-corrected chi connectivity index (χ2v) is 5.04. The first kappa shape index (κ1) is 12.4. The van der Waals surface area contributed by atoms with E-state index in [1.165, 1.54) is 18.9 Å². The van der Waals surface area contributed by atoms with Gasteiger partial charge in [-0.25, -0.2) is 4.39 Å². The van der Waals surface area contributed by atoms with Gasteiger partial charge in [-0.2, -0.15) is 0 Å². The molecule has 17 heavy (non-hydrogen) atoms. The fourth-order valence-electron chi connectivity index (χ4n) is 2.56. The molecule has 1 fully saturated rings. The Bertz CT molecular complexity index is 391. The van der Waals surface area contributed by atoms with E-state index < -0.39 is 0 Å². The van der Waals surface area contributed by atoms with Crippen LogP contribution in [-0.4, -0.2) is 13.1 Å². The van der Waals surface area contributed by atoms with Gasteiger partial charge in [0.15, 0.2) is 0 Å². The largest absolute Gasteiger partial charge is 0.370 e. The molecule has 0 saturated carbocycles. The molecule has 1 aliphatic rings.